The minimum absolute atomic E-state index is 0.696. The predicted octanol–water partition coefficient (Wildman–Crippen LogP) is 5.27. The third-order valence-corrected chi connectivity index (χ3v) is 4.57. The van der Waals surface area contributed by atoms with Crippen LogP contribution >= 0.6 is 0 Å². The van der Waals surface area contributed by atoms with Crippen LogP contribution in [0.4, 0.5) is 0 Å². The molecule has 2 nitrogen and oxygen atoms in total. The molecule has 0 aliphatic heterocycles. The Labute approximate surface area is 132 Å². The first-order chi connectivity index (χ1) is 11.4. The fourth-order valence-corrected chi connectivity index (χ4v) is 3.58. The average Bonchev–Trinajstić information content (AvgIpc) is 3.01. The first kappa shape index (κ1) is 12.3. The third-order valence-electron chi connectivity index (χ3n) is 4.57. The van der Waals surface area contributed by atoms with Gasteiger partial charge in [-0.15, -0.1) is 0 Å². The van der Waals surface area contributed by atoms with E-state index in [0.29, 0.717) is 5.56 Å². The second-order valence-electron chi connectivity index (χ2n) is 5.81. The number of hydrogen-bond acceptors (Lipinski definition) is 1. The molecule has 5 aromatic rings. The summed E-state index contributed by atoms with van der Waals surface area (Å²) in [4.78, 5) is 0. The Hall–Kier alpha value is -3.31. The summed E-state index contributed by atoms with van der Waals surface area (Å²) >= 11 is 0. The monoisotopic (exact) mass is 292 g/mol. The summed E-state index contributed by atoms with van der Waals surface area (Å²) < 4.78 is 2.30. The van der Waals surface area contributed by atoms with Crippen molar-refractivity contribution in [3.8, 4) is 6.07 Å². The van der Waals surface area contributed by atoms with E-state index in [1.54, 1.807) is 0 Å². The van der Waals surface area contributed by atoms with Crippen LogP contribution < -0.4 is 0 Å². The Bertz CT molecular complexity index is 1270. The summed E-state index contributed by atoms with van der Waals surface area (Å²) in [7, 11) is 0. The van der Waals surface area contributed by atoms with Gasteiger partial charge in [0.15, 0.2) is 0 Å². The van der Waals surface area contributed by atoms with Gasteiger partial charge in [0.25, 0.3) is 0 Å². The smallest absolute Gasteiger partial charge is 0.0991 e. The summed E-state index contributed by atoms with van der Waals surface area (Å²) in [5, 5.41) is 14.0. The van der Waals surface area contributed by atoms with Crippen molar-refractivity contribution >= 4 is 38.1 Å². The molecule has 0 radical (unpaired) electrons. The van der Waals surface area contributed by atoms with Crippen LogP contribution in [-0.4, -0.2) is 4.40 Å². The molecule has 23 heavy (non-hydrogen) atoms. The molecule has 0 saturated heterocycles. The van der Waals surface area contributed by atoms with E-state index in [-0.39, 0.29) is 0 Å². The lowest BCUT2D eigenvalue weighted by molar-refractivity contribution is 1.34. The van der Waals surface area contributed by atoms with Gasteiger partial charge >= 0.3 is 0 Å². The van der Waals surface area contributed by atoms with Crippen LogP contribution in [0.5, 0.6) is 0 Å². The SMILES string of the molecule is N#Cc1ccc2c(c1)cc1c3ccccc3c3ccccc3n21. The highest BCUT2D eigenvalue weighted by molar-refractivity contribution is 6.15. The fourth-order valence-electron chi connectivity index (χ4n) is 3.58. The highest BCUT2D eigenvalue weighted by Gasteiger charge is 2.11. The zero-order chi connectivity index (χ0) is 15.4. The van der Waals surface area contributed by atoms with E-state index >= 15 is 0 Å². The molecule has 0 fully saturated rings. The van der Waals surface area contributed by atoms with Gasteiger partial charge in [0.1, 0.15) is 0 Å². The van der Waals surface area contributed by atoms with E-state index in [2.05, 4.69) is 65.1 Å². The van der Waals surface area contributed by atoms with Crippen LogP contribution in [0.25, 0.3) is 38.1 Å². The largest absolute Gasteiger partial charge is 0.309 e. The molecule has 0 atom stereocenters. The molecule has 3 aromatic carbocycles. The van der Waals surface area contributed by atoms with Gasteiger partial charge in [-0.25, -0.2) is 0 Å². The van der Waals surface area contributed by atoms with Gasteiger partial charge < -0.3 is 4.40 Å². The summed E-state index contributed by atoms with van der Waals surface area (Å²) in [5.41, 5.74) is 4.22. The highest BCUT2D eigenvalue weighted by Crippen LogP contribution is 2.33. The Morgan fingerprint density at radius 1 is 0.652 bits per heavy atom. The molecule has 106 valence electrons. The van der Waals surface area contributed by atoms with Crippen molar-refractivity contribution in [1.29, 1.82) is 5.26 Å². The van der Waals surface area contributed by atoms with Crippen molar-refractivity contribution in [1.82, 2.24) is 4.40 Å². The third kappa shape index (κ3) is 1.56. The van der Waals surface area contributed by atoms with E-state index < -0.39 is 0 Å². The lowest BCUT2D eigenvalue weighted by atomic mass is 10.1. The number of nitriles is 1. The topological polar surface area (TPSA) is 28.2 Å². The van der Waals surface area contributed by atoms with E-state index in [1.165, 1.54) is 27.2 Å². The van der Waals surface area contributed by atoms with Gasteiger partial charge in [-0.05, 0) is 35.7 Å². The van der Waals surface area contributed by atoms with Crippen LogP contribution in [0.2, 0.25) is 0 Å². The van der Waals surface area contributed by atoms with Gasteiger partial charge in [0.05, 0.1) is 28.2 Å². The normalized spacial score (nSPS) is 11.4. The molecule has 5 rings (SSSR count). The molecule has 0 saturated carbocycles. The maximum atomic E-state index is 9.16. The molecule has 0 amide bonds. The predicted molar refractivity (Wildman–Crippen MR) is 94.6 cm³/mol. The Morgan fingerprint density at radius 3 is 2.13 bits per heavy atom. The molecule has 0 aliphatic rings. The number of benzene rings is 3. The Balaban J connectivity index is 2.16. The van der Waals surface area contributed by atoms with Crippen LogP contribution in [-0.2, 0) is 0 Å². The summed E-state index contributed by atoms with van der Waals surface area (Å²) in [6.45, 7) is 0. The number of para-hydroxylation sites is 1. The van der Waals surface area contributed by atoms with Gasteiger partial charge in [-0.3, -0.25) is 0 Å². The lowest BCUT2D eigenvalue weighted by Gasteiger charge is -2.09. The van der Waals surface area contributed by atoms with E-state index in [0.717, 1.165) is 10.9 Å². The lowest BCUT2D eigenvalue weighted by Crippen LogP contribution is -1.90. The molecular weight excluding hydrogens is 280 g/mol. The zero-order valence-electron chi connectivity index (χ0n) is 12.3. The Kier molecular flexibility index (Phi) is 2.32. The van der Waals surface area contributed by atoms with Crippen molar-refractivity contribution in [3.63, 3.8) is 0 Å². The summed E-state index contributed by atoms with van der Waals surface area (Å²) in [6, 6.07) is 27.3. The fraction of sp³-hybridized carbons (Fsp3) is 0. The van der Waals surface area contributed by atoms with E-state index in [4.69, 9.17) is 5.26 Å². The maximum absolute atomic E-state index is 9.16. The molecule has 0 aliphatic carbocycles. The first-order valence-electron chi connectivity index (χ1n) is 7.61. The molecule has 2 aromatic heterocycles. The number of rotatable bonds is 0. The number of nitrogens with zero attached hydrogens (tertiary/aromatic N) is 2. The molecule has 2 heterocycles. The van der Waals surface area contributed by atoms with Crippen molar-refractivity contribution < 1.29 is 0 Å². The minimum atomic E-state index is 0.696. The number of aromatic nitrogens is 1. The second kappa shape index (κ2) is 4.34. The van der Waals surface area contributed by atoms with Crippen molar-refractivity contribution in [3.05, 3.63) is 78.4 Å². The van der Waals surface area contributed by atoms with Crippen molar-refractivity contribution in [2.75, 3.05) is 0 Å². The maximum Gasteiger partial charge on any atom is 0.0991 e. The van der Waals surface area contributed by atoms with Gasteiger partial charge in [0.2, 0.25) is 0 Å². The second-order valence-corrected chi connectivity index (χ2v) is 5.81. The number of hydrogen-bond donors (Lipinski definition) is 0. The van der Waals surface area contributed by atoms with Crippen LogP contribution in [0.3, 0.4) is 0 Å². The van der Waals surface area contributed by atoms with Crippen molar-refractivity contribution in [2.45, 2.75) is 0 Å². The van der Waals surface area contributed by atoms with E-state index in [1.807, 2.05) is 18.2 Å². The van der Waals surface area contributed by atoms with Gasteiger partial charge in [-0.2, -0.15) is 5.26 Å². The van der Waals surface area contributed by atoms with Crippen LogP contribution in [0.1, 0.15) is 5.56 Å². The quantitative estimate of drug-likeness (QED) is 0.357. The Morgan fingerprint density at radius 2 is 1.35 bits per heavy atom. The summed E-state index contributed by atoms with van der Waals surface area (Å²) in [5.74, 6) is 0. The minimum Gasteiger partial charge on any atom is -0.309 e. The number of fused-ring (bicyclic) bond motifs is 8. The zero-order valence-corrected chi connectivity index (χ0v) is 12.3. The van der Waals surface area contributed by atoms with Gasteiger partial charge in [-0.1, -0.05) is 42.5 Å². The van der Waals surface area contributed by atoms with Crippen LogP contribution in [0, 0.1) is 11.3 Å². The highest BCUT2D eigenvalue weighted by atomic mass is 14.9. The average molecular weight is 292 g/mol. The molecule has 0 bridgehead atoms. The molecule has 0 unspecified atom stereocenters. The van der Waals surface area contributed by atoms with Crippen LogP contribution in [0.15, 0.2) is 72.8 Å². The van der Waals surface area contributed by atoms with E-state index in [9.17, 15) is 0 Å². The van der Waals surface area contributed by atoms with Gasteiger partial charge in [0, 0.05) is 16.2 Å². The number of pyridine rings is 1. The molecular formula is C21H12N2. The standard InChI is InChI=1S/C21H12N2/c22-13-14-9-10-19-15(11-14)12-21-18-7-2-1-5-16(18)17-6-3-4-8-20(17)23(19)21/h1-12H. The van der Waals surface area contributed by atoms with Crippen molar-refractivity contribution in [2.24, 2.45) is 0 Å². The molecule has 2 heteroatoms. The first-order valence-corrected chi connectivity index (χ1v) is 7.61. The summed E-state index contributed by atoms with van der Waals surface area (Å²) in [6.07, 6.45) is 0. The molecule has 0 spiro atoms. The molecule has 0 N–H and O–H groups in total.